The van der Waals surface area contributed by atoms with Crippen LogP contribution in [0.2, 0.25) is 0 Å². The minimum absolute atomic E-state index is 1.14. The van der Waals surface area contributed by atoms with Crippen LogP contribution in [0.1, 0.15) is 24.0 Å². The third kappa shape index (κ3) is 1.45. The van der Waals surface area contributed by atoms with Crippen LogP contribution in [-0.2, 0) is 12.8 Å². The molecule has 0 saturated carbocycles. The Bertz CT molecular complexity index is 213. The average Bonchev–Trinajstić information content (AvgIpc) is 2.28. The second kappa shape index (κ2) is 3.08. The van der Waals surface area contributed by atoms with E-state index in [-0.39, 0.29) is 0 Å². The Balaban J connectivity index is 2.33. The van der Waals surface area contributed by atoms with Crippen molar-refractivity contribution >= 4 is 0 Å². The van der Waals surface area contributed by atoms with Gasteiger partial charge in [0.15, 0.2) is 0 Å². The molecule has 0 saturated heterocycles. The Morgan fingerprint density at radius 2 is 1.45 bits per heavy atom. The molecule has 56 valence electrons. The van der Waals surface area contributed by atoms with Gasteiger partial charge >= 0.3 is 0 Å². The molecule has 0 amide bonds. The fourth-order valence-corrected chi connectivity index (χ4v) is 1.62. The average molecular weight is 144 g/mol. The summed E-state index contributed by atoms with van der Waals surface area (Å²) >= 11 is 0. The molecular weight excluding hydrogens is 132 g/mol. The van der Waals surface area contributed by atoms with Crippen LogP contribution in [0.15, 0.2) is 24.3 Å². The van der Waals surface area contributed by atoms with E-state index in [1.54, 1.807) is 0 Å². The highest BCUT2D eigenvalue weighted by atomic mass is 14.1. The topological polar surface area (TPSA) is 0 Å². The van der Waals surface area contributed by atoms with Crippen molar-refractivity contribution in [2.45, 2.75) is 25.7 Å². The summed E-state index contributed by atoms with van der Waals surface area (Å²) in [5.74, 6) is 0. The summed E-state index contributed by atoms with van der Waals surface area (Å²) in [5, 5.41) is 0. The fraction of sp³-hybridized carbons (Fsp3) is 0.364. The molecule has 0 aromatic heterocycles. The lowest BCUT2D eigenvalue weighted by molar-refractivity contribution is 0.882. The highest BCUT2D eigenvalue weighted by Crippen LogP contribution is 2.18. The van der Waals surface area contributed by atoms with Crippen LogP contribution in [0.5, 0.6) is 0 Å². The molecule has 1 aliphatic rings. The first-order chi connectivity index (χ1) is 5.47. The lowest BCUT2D eigenvalue weighted by Crippen LogP contribution is -1.88. The SMILES string of the molecule is [C]1CCc2ccccc2CC1. The zero-order valence-corrected chi connectivity index (χ0v) is 6.64. The number of rotatable bonds is 0. The van der Waals surface area contributed by atoms with E-state index in [1.165, 1.54) is 24.0 Å². The number of fused-ring (bicyclic) bond motifs is 1. The van der Waals surface area contributed by atoms with E-state index in [4.69, 9.17) is 0 Å². The van der Waals surface area contributed by atoms with Gasteiger partial charge in [0.25, 0.3) is 0 Å². The third-order valence-electron chi connectivity index (χ3n) is 2.26. The van der Waals surface area contributed by atoms with Gasteiger partial charge in [0.05, 0.1) is 0 Å². The lowest BCUT2D eigenvalue weighted by Gasteiger charge is -2.02. The van der Waals surface area contributed by atoms with Crippen LogP contribution in [0.25, 0.3) is 0 Å². The zero-order valence-electron chi connectivity index (χ0n) is 6.64. The summed E-state index contributed by atoms with van der Waals surface area (Å²) in [4.78, 5) is 0. The second-order valence-electron chi connectivity index (χ2n) is 3.02. The van der Waals surface area contributed by atoms with Crippen molar-refractivity contribution in [2.24, 2.45) is 0 Å². The summed E-state index contributed by atoms with van der Waals surface area (Å²) in [6, 6.07) is 8.74. The summed E-state index contributed by atoms with van der Waals surface area (Å²) < 4.78 is 0. The van der Waals surface area contributed by atoms with Gasteiger partial charge in [-0.2, -0.15) is 0 Å². The summed E-state index contributed by atoms with van der Waals surface area (Å²) in [6.45, 7) is 0. The van der Waals surface area contributed by atoms with Crippen LogP contribution in [0.3, 0.4) is 0 Å². The summed E-state index contributed by atoms with van der Waals surface area (Å²) in [6.07, 6.45) is 8.05. The van der Waals surface area contributed by atoms with Crippen molar-refractivity contribution in [3.05, 3.63) is 41.8 Å². The van der Waals surface area contributed by atoms with Crippen molar-refractivity contribution < 1.29 is 0 Å². The van der Waals surface area contributed by atoms with Gasteiger partial charge in [0.2, 0.25) is 0 Å². The van der Waals surface area contributed by atoms with Gasteiger partial charge in [-0.15, -0.1) is 0 Å². The van der Waals surface area contributed by atoms with E-state index in [0.29, 0.717) is 0 Å². The smallest absolute Gasteiger partial charge is 0.0167 e. The highest BCUT2D eigenvalue weighted by molar-refractivity contribution is 5.28. The number of hydrogen-bond acceptors (Lipinski definition) is 0. The largest absolute Gasteiger partial charge is 0.0620 e. The van der Waals surface area contributed by atoms with Crippen LogP contribution in [-0.4, -0.2) is 0 Å². The second-order valence-corrected chi connectivity index (χ2v) is 3.02. The van der Waals surface area contributed by atoms with Gasteiger partial charge in [-0.05, 0) is 43.2 Å². The lowest BCUT2D eigenvalue weighted by atomic mass is 10.0. The normalized spacial score (nSPS) is 17.1. The molecule has 2 rings (SSSR count). The minimum Gasteiger partial charge on any atom is -0.0620 e. The Morgan fingerprint density at radius 3 is 2.00 bits per heavy atom. The fourth-order valence-electron chi connectivity index (χ4n) is 1.62. The molecule has 0 spiro atoms. The van der Waals surface area contributed by atoms with Crippen LogP contribution in [0.4, 0.5) is 0 Å². The van der Waals surface area contributed by atoms with Crippen molar-refractivity contribution in [3.63, 3.8) is 0 Å². The Labute approximate surface area is 68.3 Å². The molecule has 0 heteroatoms. The van der Waals surface area contributed by atoms with Gasteiger partial charge in [0, 0.05) is 0 Å². The monoisotopic (exact) mass is 144 g/mol. The van der Waals surface area contributed by atoms with Crippen molar-refractivity contribution in [2.75, 3.05) is 0 Å². The van der Waals surface area contributed by atoms with Crippen molar-refractivity contribution in [1.29, 1.82) is 0 Å². The predicted molar refractivity (Wildman–Crippen MR) is 46.3 cm³/mol. The molecule has 0 aliphatic heterocycles. The first kappa shape index (κ1) is 6.90. The zero-order chi connectivity index (χ0) is 7.52. The van der Waals surface area contributed by atoms with E-state index in [1.807, 2.05) is 0 Å². The maximum Gasteiger partial charge on any atom is -0.0167 e. The van der Waals surface area contributed by atoms with E-state index >= 15 is 0 Å². The molecule has 0 unspecified atom stereocenters. The van der Waals surface area contributed by atoms with Gasteiger partial charge in [-0.3, -0.25) is 0 Å². The quantitative estimate of drug-likeness (QED) is 0.491. The molecule has 0 N–H and O–H groups in total. The molecule has 2 radical (unpaired) electrons. The molecule has 0 bridgehead atoms. The Hall–Kier alpha value is -0.780. The third-order valence-corrected chi connectivity index (χ3v) is 2.26. The number of aryl methyl sites for hydroxylation is 2. The molecular formula is C11H12. The first-order valence-electron chi connectivity index (χ1n) is 4.24. The van der Waals surface area contributed by atoms with Crippen LogP contribution >= 0.6 is 0 Å². The Morgan fingerprint density at radius 1 is 0.909 bits per heavy atom. The highest BCUT2D eigenvalue weighted by Gasteiger charge is 2.05. The van der Waals surface area contributed by atoms with Crippen molar-refractivity contribution in [1.82, 2.24) is 0 Å². The van der Waals surface area contributed by atoms with Crippen molar-refractivity contribution in [3.8, 4) is 0 Å². The van der Waals surface area contributed by atoms with Gasteiger partial charge < -0.3 is 0 Å². The minimum atomic E-state index is 1.14. The van der Waals surface area contributed by atoms with E-state index in [0.717, 1.165) is 12.8 Å². The number of hydrogen-bond donors (Lipinski definition) is 0. The standard InChI is InChI=1S/C11H12/c1-2-6-10-8-4-5-9-11(10)7-3-1/h4-5,8-9H,2-3,6-7H2. The molecule has 0 fully saturated rings. The first-order valence-corrected chi connectivity index (χ1v) is 4.24. The van der Waals surface area contributed by atoms with Gasteiger partial charge in [-0.25, -0.2) is 0 Å². The van der Waals surface area contributed by atoms with E-state index in [9.17, 15) is 0 Å². The molecule has 0 nitrogen and oxygen atoms in total. The maximum absolute atomic E-state index is 3.39. The van der Waals surface area contributed by atoms with E-state index in [2.05, 4.69) is 30.7 Å². The molecule has 11 heavy (non-hydrogen) atoms. The summed E-state index contributed by atoms with van der Waals surface area (Å²) in [5.41, 5.74) is 3.05. The van der Waals surface area contributed by atoms with E-state index < -0.39 is 0 Å². The van der Waals surface area contributed by atoms with Crippen LogP contribution in [0, 0.1) is 6.42 Å². The van der Waals surface area contributed by atoms with Gasteiger partial charge in [-0.1, -0.05) is 24.3 Å². The van der Waals surface area contributed by atoms with Crippen LogP contribution < -0.4 is 0 Å². The number of benzene rings is 1. The summed E-state index contributed by atoms with van der Waals surface area (Å²) in [7, 11) is 0. The molecule has 0 heterocycles. The predicted octanol–water partition coefficient (Wildman–Crippen LogP) is 2.65. The Kier molecular flexibility index (Phi) is 1.93. The molecule has 1 aromatic rings. The van der Waals surface area contributed by atoms with Gasteiger partial charge in [0.1, 0.15) is 0 Å². The maximum atomic E-state index is 3.39. The molecule has 1 aromatic carbocycles. The molecule has 1 aliphatic carbocycles. The molecule has 0 atom stereocenters.